The zero-order valence-corrected chi connectivity index (χ0v) is 12.2. The van der Waals surface area contributed by atoms with Crippen molar-refractivity contribution in [3.05, 3.63) is 36.0 Å². The third-order valence-electron chi connectivity index (χ3n) is 2.40. The summed E-state index contributed by atoms with van der Waals surface area (Å²) in [5, 5.41) is 10.0. The van der Waals surface area contributed by atoms with Gasteiger partial charge in [-0.1, -0.05) is 0 Å². The molecule has 0 aromatic heterocycles. The maximum atomic E-state index is 11.6. The molecule has 0 atom stereocenters. The highest BCUT2D eigenvalue weighted by Gasteiger charge is 2.12. The van der Waals surface area contributed by atoms with E-state index in [2.05, 4.69) is 15.4 Å². The number of methoxy groups -OCH3 is 1. The van der Waals surface area contributed by atoms with E-state index < -0.39 is 21.9 Å². The Morgan fingerprint density at radius 3 is 2.24 bits per heavy atom. The van der Waals surface area contributed by atoms with Gasteiger partial charge in [0.05, 0.1) is 18.1 Å². The number of ether oxygens (including phenoxy) is 1. The molecule has 1 aromatic carbocycles. The number of likely N-dealkylation sites (N-methyl/N-ethyl adjacent to an activating group) is 1. The van der Waals surface area contributed by atoms with Gasteiger partial charge in [-0.05, 0) is 24.3 Å². The number of nitrogens with two attached hydrogens (primary N) is 1. The summed E-state index contributed by atoms with van der Waals surface area (Å²) in [5.41, 5.74) is 0.355. The second-order valence-corrected chi connectivity index (χ2v) is 5.42. The average molecular weight is 313 g/mol. The van der Waals surface area contributed by atoms with E-state index in [4.69, 9.17) is 5.14 Å². The van der Waals surface area contributed by atoms with Crippen LogP contribution in [0.5, 0.6) is 0 Å². The van der Waals surface area contributed by atoms with Crippen molar-refractivity contribution in [3.63, 3.8) is 0 Å². The maximum absolute atomic E-state index is 11.6. The Kier molecular flexibility index (Phi) is 5.44. The highest BCUT2D eigenvalue weighted by molar-refractivity contribution is 7.89. The Morgan fingerprint density at radius 1 is 1.24 bits per heavy atom. The molecule has 4 N–H and O–H groups in total. The fourth-order valence-electron chi connectivity index (χ4n) is 1.35. The first kappa shape index (κ1) is 16.7. The summed E-state index contributed by atoms with van der Waals surface area (Å²) in [4.78, 5) is 22.8. The van der Waals surface area contributed by atoms with Crippen LogP contribution in [-0.2, 0) is 24.3 Å². The number of primary sulfonamides is 1. The number of carbonyl (C=O) groups excluding carboxylic acids is 2. The molecule has 8 nitrogen and oxygen atoms in total. The lowest BCUT2D eigenvalue weighted by Gasteiger charge is -2.10. The maximum Gasteiger partial charge on any atom is 0.332 e. The topological polar surface area (TPSA) is 128 Å². The molecule has 9 heteroatoms. The minimum absolute atomic E-state index is 0.0484. The van der Waals surface area contributed by atoms with Crippen LogP contribution in [0.1, 0.15) is 0 Å². The minimum atomic E-state index is -3.79. The lowest BCUT2D eigenvalue weighted by Crippen LogP contribution is -2.25. The molecule has 0 unspecified atom stereocenters. The van der Waals surface area contributed by atoms with Gasteiger partial charge in [0, 0.05) is 12.7 Å². The molecule has 0 heterocycles. The molecule has 0 saturated carbocycles. The summed E-state index contributed by atoms with van der Waals surface area (Å²) in [5.74, 6) is -1.24. The molecule has 0 bridgehead atoms. The van der Waals surface area contributed by atoms with Crippen LogP contribution in [0.25, 0.3) is 0 Å². The predicted molar refractivity (Wildman–Crippen MR) is 75.6 cm³/mol. The Hall–Kier alpha value is -2.39. The number of hydrogen-bond acceptors (Lipinski definition) is 6. The van der Waals surface area contributed by atoms with Crippen molar-refractivity contribution < 1.29 is 22.7 Å². The van der Waals surface area contributed by atoms with Crippen molar-refractivity contribution in [2.75, 3.05) is 19.5 Å². The molecule has 1 aromatic rings. The molecule has 1 rings (SSSR count). The van der Waals surface area contributed by atoms with E-state index in [1.807, 2.05) is 0 Å². The summed E-state index contributed by atoms with van der Waals surface area (Å²) in [6.45, 7) is 0. The summed E-state index contributed by atoms with van der Waals surface area (Å²) in [7, 11) is -1.20. The Morgan fingerprint density at radius 2 is 1.81 bits per heavy atom. The number of hydrogen-bond donors (Lipinski definition) is 3. The largest absolute Gasteiger partial charge is 0.466 e. The summed E-state index contributed by atoms with van der Waals surface area (Å²) in [6.07, 6.45) is 0.979. The summed E-state index contributed by atoms with van der Waals surface area (Å²) >= 11 is 0. The fraction of sp³-hybridized carbons (Fsp3) is 0.167. The first-order chi connectivity index (χ1) is 9.77. The van der Waals surface area contributed by atoms with Gasteiger partial charge in [0.1, 0.15) is 5.70 Å². The van der Waals surface area contributed by atoms with E-state index in [9.17, 15) is 18.0 Å². The van der Waals surface area contributed by atoms with Crippen LogP contribution in [0.4, 0.5) is 5.69 Å². The molecule has 0 spiro atoms. The molecular formula is C12H15N3O5S. The van der Waals surface area contributed by atoms with Gasteiger partial charge in [0.15, 0.2) is 0 Å². The van der Waals surface area contributed by atoms with E-state index >= 15 is 0 Å². The Labute approximate surface area is 122 Å². The van der Waals surface area contributed by atoms with E-state index in [1.165, 1.54) is 38.4 Å². The number of carbonyl (C=O) groups is 2. The Balaban J connectivity index is 3.02. The van der Waals surface area contributed by atoms with E-state index in [1.54, 1.807) is 0 Å². The third-order valence-corrected chi connectivity index (χ3v) is 3.33. The molecule has 21 heavy (non-hydrogen) atoms. The molecule has 0 aliphatic rings. The second-order valence-electron chi connectivity index (χ2n) is 3.85. The standard InChI is InChI=1S/C12H15N3O5S/c1-14-12(17)10(7-11(16)20-2)15-8-3-5-9(6-4-8)21(13,18)19/h3-7,15H,1-2H3,(H,14,17)(H2,13,18,19)/b10-7-. The monoisotopic (exact) mass is 313 g/mol. The zero-order valence-electron chi connectivity index (χ0n) is 11.4. The second kappa shape index (κ2) is 6.86. The lowest BCUT2D eigenvalue weighted by molar-refractivity contribution is -0.135. The van der Waals surface area contributed by atoms with Crippen molar-refractivity contribution in [3.8, 4) is 0 Å². The number of sulfonamides is 1. The van der Waals surface area contributed by atoms with Crippen molar-refractivity contribution >= 4 is 27.6 Å². The fourth-order valence-corrected chi connectivity index (χ4v) is 1.87. The van der Waals surface area contributed by atoms with Crippen LogP contribution in [0, 0.1) is 0 Å². The third kappa shape index (κ3) is 4.89. The number of amides is 1. The predicted octanol–water partition coefficient (Wildman–Crippen LogP) is -0.451. The first-order valence-electron chi connectivity index (χ1n) is 5.69. The van der Waals surface area contributed by atoms with Crippen LogP contribution in [0.3, 0.4) is 0 Å². The van der Waals surface area contributed by atoms with Crippen LogP contribution in [-0.4, -0.2) is 34.5 Å². The van der Waals surface area contributed by atoms with Gasteiger partial charge in [-0.2, -0.15) is 0 Å². The first-order valence-corrected chi connectivity index (χ1v) is 7.24. The zero-order chi connectivity index (χ0) is 16.0. The number of nitrogens with one attached hydrogen (secondary N) is 2. The molecule has 1 amide bonds. The summed E-state index contributed by atoms with van der Waals surface area (Å²) < 4.78 is 26.7. The van der Waals surface area contributed by atoms with Crippen LogP contribution >= 0.6 is 0 Å². The molecule has 0 saturated heterocycles. The molecule has 114 valence electrons. The van der Waals surface area contributed by atoms with Crippen LogP contribution in [0.2, 0.25) is 0 Å². The normalized spacial score (nSPS) is 11.7. The SMILES string of the molecule is CNC(=O)/C(=C/C(=O)OC)Nc1ccc(S(N)(=O)=O)cc1. The van der Waals surface area contributed by atoms with Crippen molar-refractivity contribution in [2.24, 2.45) is 5.14 Å². The van der Waals surface area contributed by atoms with Gasteiger partial charge in [0.2, 0.25) is 10.0 Å². The van der Waals surface area contributed by atoms with Gasteiger partial charge in [-0.3, -0.25) is 4.79 Å². The van der Waals surface area contributed by atoms with Gasteiger partial charge >= 0.3 is 5.97 Å². The van der Waals surface area contributed by atoms with Crippen molar-refractivity contribution in [2.45, 2.75) is 4.90 Å². The summed E-state index contributed by atoms with van der Waals surface area (Å²) in [6, 6.07) is 5.37. The average Bonchev–Trinajstić information content (AvgIpc) is 2.45. The highest BCUT2D eigenvalue weighted by atomic mass is 32.2. The Bertz CT molecular complexity index is 665. The van der Waals surface area contributed by atoms with Crippen LogP contribution in [0.15, 0.2) is 40.9 Å². The molecule has 0 fully saturated rings. The van der Waals surface area contributed by atoms with Gasteiger partial charge < -0.3 is 15.4 Å². The van der Waals surface area contributed by atoms with Gasteiger partial charge in [0.25, 0.3) is 5.91 Å². The number of esters is 1. The van der Waals surface area contributed by atoms with Crippen LogP contribution < -0.4 is 15.8 Å². The van der Waals surface area contributed by atoms with Gasteiger partial charge in [-0.25, -0.2) is 18.4 Å². The highest BCUT2D eigenvalue weighted by Crippen LogP contribution is 2.14. The van der Waals surface area contributed by atoms with E-state index in [0.717, 1.165) is 6.08 Å². The number of rotatable bonds is 5. The van der Waals surface area contributed by atoms with E-state index in [0.29, 0.717) is 5.69 Å². The number of benzene rings is 1. The van der Waals surface area contributed by atoms with Crippen molar-refractivity contribution in [1.82, 2.24) is 5.32 Å². The quantitative estimate of drug-likeness (QED) is 0.499. The molecule has 0 aliphatic heterocycles. The molecular weight excluding hydrogens is 298 g/mol. The smallest absolute Gasteiger partial charge is 0.332 e. The molecule has 0 aliphatic carbocycles. The molecule has 0 radical (unpaired) electrons. The minimum Gasteiger partial charge on any atom is -0.466 e. The van der Waals surface area contributed by atoms with E-state index in [-0.39, 0.29) is 10.6 Å². The van der Waals surface area contributed by atoms with Gasteiger partial charge in [-0.15, -0.1) is 0 Å². The number of anilines is 1. The lowest BCUT2D eigenvalue weighted by atomic mass is 10.3. The van der Waals surface area contributed by atoms with Crippen molar-refractivity contribution in [1.29, 1.82) is 0 Å².